The van der Waals surface area contributed by atoms with Crippen LogP contribution >= 0.6 is 11.6 Å². The molecule has 72 valence electrons. The van der Waals surface area contributed by atoms with Gasteiger partial charge in [0.1, 0.15) is 5.88 Å². The van der Waals surface area contributed by atoms with E-state index in [0.29, 0.717) is 12.5 Å². The zero-order valence-corrected chi connectivity index (χ0v) is 9.03. The van der Waals surface area contributed by atoms with Crippen molar-refractivity contribution in [2.24, 2.45) is 11.3 Å². The molecule has 0 rings (SSSR count). The molecule has 0 aliphatic heterocycles. The van der Waals surface area contributed by atoms with Crippen molar-refractivity contribution in [3.63, 3.8) is 0 Å². The topological polar surface area (TPSA) is 29.1 Å². The Hall–Kier alpha value is -0.240. The minimum absolute atomic E-state index is 0.0524. The quantitative estimate of drug-likeness (QED) is 0.680. The molecule has 1 atom stereocenters. The highest BCUT2D eigenvalue weighted by Crippen LogP contribution is 2.24. The second-order valence-corrected chi connectivity index (χ2v) is 4.47. The zero-order valence-electron chi connectivity index (χ0n) is 8.28. The van der Waals surface area contributed by atoms with Crippen LogP contribution in [0.25, 0.3) is 0 Å². The molecule has 1 N–H and O–H groups in total. The molecule has 2 nitrogen and oxygen atoms in total. The van der Waals surface area contributed by atoms with Gasteiger partial charge in [0, 0.05) is 6.54 Å². The van der Waals surface area contributed by atoms with Crippen LogP contribution < -0.4 is 5.32 Å². The number of alkyl halides is 1. The van der Waals surface area contributed by atoms with E-state index >= 15 is 0 Å². The van der Waals surface area contributed by atoms with Crippen molar-refractivity contribution < 1.29 is 4.79 Å². The van der Waals surface area contributed by atoms with Crippen LogP contribution in [0.1, 0.15) is 27.7 Å². The summed E-state index contributed by atoms with van der Waals surface area (Å²) in [5.74, 6) is 0.425. The second kappa shape index (κ2) is 4.70. The van der Waals surface area contributed by atoms with Crippen LogP contribution in [0, 0.1) is 11.3 Å². The molecule has 0 aliphatic rings. The summed E-state index contributed by atoms with van der Waals surface area (Å²) in [6, 6.07) is 0. The molecule has 0 bridgehead atoms. The van der Waals surface area contributed by atoms with Gasteiger partial charge in [-0.15, -0.1) is 11.6 Å². The third-order valence-corrected chi connectivity index (χ3v) is 2.45. The van der Waals surface area contributed by atoms with E-state index in [1.54, 1.807) is 0 Å². The summed E-state index contributed by atoms with van der Waals surface area (Å²) in [6.45, 7) is 9.29. The molecule has 0 aromatic rings. The van der Waals surface area contributed by atoms with E-state index in [0.717, 1.165) is 0 Å². The monoisotopic (exact) mass is 191 g/mol. The van der Waals surface area contributed by atoms with Crippen molar-refractivity contribution in [2.75, 3.05) is 12.4 Å². The maximum Gasteiger partial charge on any atom is 0.234 e. The lowest BCUT2D eigenvalue weighted by Crippen LogP contribution is -2.34. The molecule has 0 aromatic heterocycles. The molecular formula is C9H18ClNO. The van der Waals surface area contributed by atoms with Crippen molar-refractivity contribution in [2.45, 2.75) is 27.7 Å². The van der Waals surface area contributed by atoms with Crippen LogP contribution in [-0.4, -0.2) is 18.3 Å². The summed E-state index contributed by atoms with van der Waals surface area (Å²) in [4.78, 5) is 10.8. The lowest BCUT2D eigenvalue weighted by molar-refractivity contribution is -0.118. The van der Waals surface area contributed by atoms with Gasteiger partial charge in [-0.1, -0.05) is 27.7 Å². The maximum atomic E-state index is 10.8. The first kappa shape index (κ1) is 11.8. The molecule has 0 saturated carbocycles. The van der Waals surface area contributed by atoms with Crippen LogP contribution in [0.2, 0.25) is 0 Å². The molecule has 0 spiro atoms. The van der Waals surface area contributed by atoms with Gasteiger partial charge < -0.3 is 5.32 Å². The maximum absolute atomic E-state index is 10.8. The minimum Gasteiger partial charge on any atom is -0.355 e. The van der Waals surface area contributed by atoms with E-state index in [2.05, 4.69) is 33.0 Å². The Morgan fingerprint density at radius 3 is 2.33 bits per heavy atom. The first-order chi connectivity index (χ1) is 5.38. The van der Waals surface area contributed by atoms with Crippen molar-refractivity contribution in [1.29, 1.82) is 0 Å². The summed E-state index contributed by atoms with van der Waals surface area (Å²) in [5.41, 5.74) is 0.236. The van der Waals surface area contributed by atoms with Gasteiger partial charge in [0.15, 0.2) is 0 Å². The van der Waals surface area contributed by atoms with Crippen LogP contribution in [0.15, 0.2) is 0 Å². The van der Waals surface area contributed by atoms with E-state index in [4.69, 9.17) is 11.6 Å². The second-order valence-electron chi connectivity index (χ2n) is 4.20. The number of carbonyl (C=O) groups excluding carboxylic acids is 1. The van der Waals surface area contributed by atoms with Crippen LogP contribution in [0.5, 0.6) is 0 Å². The predicted octanol–water partition coefficient (Wildman–Crippen LogP) is 2.02. The molecule has 12 heavy (non-hydrogen) atoms. The van der Waals surface area contributed by atoms with E-state index in [1.165, 1.54) is 0 Å². The van der Waals surface area contributed by atoms with Gasteiger partial charge in [-0.2, -0.15) is 0 Å². The van der Waals surface area contributed by atoms with Gasteiger partial charge in [-0.05, 0) is 11.3 Å². The lowest BCUT2D eigenvalue weighted by Gasteiger charge is -2.27. The standard InChI is InChI=1S/C9H18ClNO/c1-7(9(2,3)4)6-11-8(12)5-10/h7H,5-6H2,1-4H3,(H,11,12). The smallest absolute Gasteiger partial charge is 0.234 e. The lowest BCUT2D eigenvalue weighted by atomic mass is 9.82. The van der Waals surface area contributed by atoms with E-state index in [1.807, 2.05) is 0 Å². The number of carbonyl (C=O) groups is 1. The first-order valence-electron chi connectivity index (χ1n) is 4.20. The fourth-order valence-corrected chi connectivity index (χ4v) is 0.715. The average Bonchev–Trinajstić information content (AvgIpc) is 1.97. The number of hydrogen-bond acceptors (Lipinski definition) is 1. The molecule has 1 unspecified atom stereocenters. The molecule has 0 heterocycles. The fraction of sp³-hybridized carbons (Fsp3) is 0.889. The van der Waals surface area contributed by atoms with Crippen LogP contribution in [0.3, 0.4) is 0 Å². The molecular weight excluding hydrogens is 174 g/mol. The molecule has 3 heteroatoms. The van der Waals surface area contributed by atoms with Gasteiger partial charge in [0.2, 0.25) is 5.91 Å². The SMILES string of the molecule is CC(CNC(=O)CCl)C(C)(C)C. The van der Waals surface area contributed by atoms with Crippen molar-refractivity contribution in [1.82, 2.24) is 5.32 Å². The highest BCUT2D eigenvalue weighted by molar-refractivity contribution is 6.27. The normalized spacial score (nSPS) is 14.1. The predicted molar refractivity (Wildman–Crippen MR) is 52.3 cm³/mol. The highest BCUT2D eigenvalue weighted by Gasteiger charge is 2.19. The third kappa shape index (κ3) is 4.60. The Morgan fingerprint density at radius 1 is 1.50 bits per heavy atom. The third-order valence-electron chi connectivity index (χ3n) is 2.21. The number of rotatable bonds is 3. The van der Waals surface area contributed by atoms with Gasteiger partial charge >= 0.3 is 0 Å². The summed E-state index contributed by atoms with van der Waals surface area (Å²) < 4.78 is 0. The van der Waals surface area contributed by atoms with Gasteiger partial charge in [0.05, 0.1) is 0 Å². The van der Waals surface area contributed by atoms with Gasteiger partial charge in [-0.3, -0.25) is 4.79 Å². The summed E-state index contributed by atoms with van der Waals surface area (Å²) in [5, 5.41) is 2.77. The average molecular weight is 192 g/mol. The van der Waals surface area contributed by atoms with E-state index in [-0.39, 0.29) is 17.2 Å². The van der Waals surface area contributed by atoms with E-state index in [9.17, 15) is 4.79 Å². The largest absolute Gasteiger partial charge is 0.355 e. The summed E-state index contributed by atoms with van der Waals surface area (Å²) in [6.07, 6.45) is 0. The summed E-state index contributed by atoms with van der Waals surface area (Å²) in [7, 11) is 0. The van der Waals surface area contributed by atoms with Gasteiger partial charge in [0.25, 0.3) is 0 Å². The van der Waals surface area contributed by atoms with Gasteiger partial charge in [-0.25, -0.2) is 0 Å². The Bertz CT molecular complexity index is 151. The number of nitrogens with one attached hydrogen (secondary N) is 1. The Balaban J connectivity index is 3.72. The molecule has 0 fully saturated rings. The Labute approximate surface area is 79.7 Å². The first-order valence-corrected chi connectivity index (χ1v) is 4.74. The van der Waals surface area contributed by atoms with Crippen LogP contribution in [0.4, 0.5) is 0 Å². The summed E-state index contributed by atoms with van der Waals surface area (Å²) >= 11 is 5.34. The highest BCUT2D eigenvalue weighted by atomic mass is 35.5. The zero-order chi connectivity index (χ0) is 9.78. The molecule has 0 aromatic carbocycles. The fourth-order valence-electron chi connectivity index (χ4n) is 0.620. The minimum atomic E-state index is -0.0900. The van der Waals surface area contributed by atoms with Crippen molar-refractivity contribution >= 4 is 17.5 Å². The van der Waals surface area contributed by atoms with Crippen molar-refractivity contribution in [3.8, 4) is 0 Å². The Morgan fingerprint density at radius 2 is 2.00 bits per heavy atom. The molecule has 0 aliphatic carbocycles. The van der Waals surface area contributed by atoms with Crippen LogP contribution in [-0.2, 0) is 4.79 Å². The Kier molecular flexibility index (Phi) is 4.61. The van der Waals surface area contributed by atoms with E-state index < -0.39 is 0 Å². The number of halogens is 1. The number of amides is 1. The molecule has 1 amide bonds. The molecule has 0 saturated heterocycles. The van der Waals surface area contributed by atoms with Crippen molar-refractivity contribution in [3.05, 3.63) is 0 Å². The molecule has 0 radical (unpaired) electrons. The number of hydrogen-bond donors (Lipinski definition) is 1.